The number of nitrogens with zero attached hydrogens (tertiary/aromatic N) is 5. The minimum atomic E-state index is -0.435. The highest BCUT2D eigenvalue weighted by Gasteiger charge is 2.33. The van der Waals surface area contributed by atoms with E-state index in [-0.39, 0.29) is 18.0 Å². The molecule has 1 saturated heterocycles. The number of thiophene rings is 1. The maximum absolute atomic E-state index is 13.2. The van der Waals surface area contributed by atoms with Crippen molar-refractivity contribution in [1.82, 2.24) is 19.8 Å². The van der Waals surface area contributed by atoms with Crippen LogP contribution in [0.25, 0.3) is 15.7 Å². The summed E-state index contributed by atoms with van der Waals surface area (Å²) in [5, 5.41) is 1.30. The summed E-state index contributed by atoms with van der Waals surface area (Å²) in [6, 6.07) is 9.26. The van der Waals surface area contributed by atoms with Crippen molar-refractivity contribution in [2.75, 3.05) is 37.6 Å². The molecule has 34 heavy (non-hydrogen) atoms. The summed E-state index contributed by atoms with van der Waals surface area (Å²) in [6.45, 7) is 9.61. The van der Waals surface area contributed by atoms with Crippen molar-refractivity contribution in [1.29, 1.82) is 0 Å². The van der Waals surface area contributed by atoms with Gasteiger partial charge in [-0.2, -0.15) is 0 Å². The van der Waals surface area contributed by atoms with Crippen LogP contribution in [0.4, 0.5) is 10.3 Å². The Kier molecular flexibility index (Phi) is 6.36. The van der Waals surface area contributed by atoms with Gasteiger partial charge in [0, 0.05) is 47.8 Å². The Balaban J connectivity index is 1.20. The second-order valence-electron chi connectivity index (χ2n) is 9.41. The van der Waals surface area contributed by atoms with Gasteiger partial charge in [0.15, 0.2) is 5.82 Å². The SMILES string of the molecule is Cc1cc2cc(C3=CCN(C(=O)CN4C(C)CN(c5ncc(F)cn5)CC4C)CC3)ccc2s1. The Bertz CT molecular complexity index is 1210. The van der Waals surface area contributed by atoms with E-state index in [0.717, 1.165) is 13.0 Å². The number of hydrogen-bond acceptors (Lipinski definition) is 6. The highest BCUT2D eigenvalue weighted by atomic mass is 32.1. The zero-order valence-corrected chi connectivity index (χ0v) is 20.7. The molecule has 0 saturated carbocycles. The van der Waals surface area contributed by atoms with Crippen molar-refractivity contribution in [3.05, 3.63) is 59.0 Å². The number of piperazine rings is 1. The second-order valence-corrected chi connectivity index (χ2v) is 10.7. The van der Waals surface area contributed by atoms with Crippen LogP contribution in [-0.2, 0) is 4.79 Å². The van der Waals surface area contributed by atoms with Crippen LogP contribution in [0.15, 0.2) is 42.7 Å². The van der Waals surface area contributed by atoms with Crippen LogP contribution < -0.4 is 4.90 Å². The molecule has 178 valence electrons. The average Bonchev–Trinajstić information content (AvgIpc) is 3.21. The first-order valence-electron chi connectivity index (χ1n) is 11.8. The minimum Gasteiger partial charge on any atom is -0.338 e. The summed E-state index contributed by atoms with van der Waals surface area (Å²) >= 11 is 1.83. The van der Waals surface area contributed by atoms with Gasteiger partial charge in [0.1, 0.15) is 0 Å². The van der Waals surface area contributed by atoms with Crippen LogP contribution in [0.1, 0.15) is 30.7 Å². The van der Waals surface area contributed by atoms with Crippen molar-refractivity contribution in [2.24, 2.45) is 0 Å². The molecule has 1 amide bonds. The standard InChI is InChI=1S/C26H30FN5OS/c1-17-14-31(26-28-12-23(27)13-29-26)15-18(2)32(17)16-25(33)30-8-6-20(7-9-30)21-4-5-24-22(11-21)10-19(3)34-24/h4-6,10-13,17-18H,7-9,14-16H2,1-3H3. The first kappa shape index (κ1) is 22.9. The Hall–Kier alpha value is -2.84. The van der Waals surface area contributed by atoms with E-state index in [2.05, 4.69) is 70.9 Å². The maximum atomic E-state index is 13.2. The molecule has 1 aromatic carbocycles. The van der Waals surface area contributed by atoms with E-state index >= 15 is 0 Å². The highest BCUT2D eigenvalue weighted by Crippen LogP contribution is 2.30. The lowest BCUT2D eigenvalue weighted by atomic mass is 9.98. The number of halogens is 1. The lowest BCUT2D eigenvalue weighted by Crippen LogP contribution is -2.59. The molecule has 2 unspecified atom stereocenters. The molecule has 1 fully saturated rings. The number of amides is 1. The molecule has 2 aliphatic rings. The smallest absolute Gasteiger partial charge is 0.237 e. The third-order valence-corrected chi connectivity index (χ3v) is 7.91. The topological polar surface area (TPSA) is 52.6 Å². The van der Waals surface area contributed by atoms with E-state index in [1.165, 1.54) is 38.5 Å². The molecule has 5 rings (SSSR count). The van der Waals surface area contributed by atoms with Gasteiger partial charge in [-0.05, 0) is 61.9 Å². The van der Waals surface area contributed by atoms with E-state index in [1.807, 2.05) is 16.2 Å². The molecule has 8 heteroatoms. The Labute approximate surface area is 203 Å². The fourth-order valence-electron chi connectivity index (χ4n) is 5.09. The second kappa shape index (κ2) is 9.43. The lowest BCUT2D eigenvalue weighted by Gasteiger charge is -2.44. The first-order valence-corrected chi connectivity index (χ1v) is 12.6. The number of hydrogen-bond donors (Lipinski definition) is 0. The average molecular weight is 480 g/mol. The van der Waals surface area contributed by atoms with Crippen molar-refractivity contribution in [3.8, 4) is 0 Å². The van der Waals surface area contributed by atoms with E-state index in [9.17, 15) is 9.18 Å². The number of rotatable bonds is 4. The number of benzene rings is 1. The molecule has 6 nitrogen and oxygen atoms in total. The van der Waals surface area contributed by atoms with E-state index in [4.69, 9.17) is 0 Å². The third kappa shape index (κ3) is 4.70. The van der Waals surface area contributed by atoms with Gasteiger partial charge in [-0.1, -0.05) is 12.1 Å². The van der Waals surface area contributed by atoms with Crippen LogP contribution in [0.3, 0.4) is 0 Å². The predicted molar refractivity (Wildman–Crippen MR) is 136 cm³/mol. The van der Waals surface area contributed by atoms with Gasteiger partial charge < -0.3 is 9.80 Å². The van der Waals surface area contributed by atoms with Crippen molar-refractivity contribution in [3.63, 3.8) is 0 Å². The van der Waals surface area contributed by atoms with Crippen LogP contribution in [-0.4, -0.2) is 70.5 Å². The number of anilines is 1. The molecule has 0 radical (unpaired) electrons. The minimum absolute atomic E-state index is 0.165. The molecule has 2 aromatic heterocycles. The van der Waals surface area contributed by atoms with Gasteiger partial charge in [0.05, 0.1) is 18.9 Å². The van der Waals surface area contributed by atoms with E-state index < -0.39 is 5.82 Å². The lowest BCUT2D eigenvalue weighted by molar-refractivity contribution is -0.133. The summed E-state index contributed by atoms with van der Waals surface area (Å²) in [5.74, 6) is 0.273. The molecule has 2 aliphatic heterocycles. The molecular formula is C26H30FN5OS. The van der Waals surface area contributed by atoms with E-state index in [1.54, 1.807) is 0 Å². The maximum Gasteiger partial charge on any atom is 0.237 e. The van der Waals surface area contributed by atoms with Crippen LogP contribution in [0.5, 0.6) is 0 Å². The van der Waals surface area contributed by atoms with Crippen LogP contribution in [0.2, 0.25) is 0 Å². The normalized spacial score (nSPS) is 21.7. The van der Waals surface area contributed by atoms with Gasteiger partial charge in [-0.15, -0.1) is 11.3 Å². The number of carbonyl (C=O) groups excluding carboxylic acids is 1. The quantitative estimate of drug-likeness (QED) is 0.557. The summed E-state index contributed by atoms with van der Waals surface area (Å²) in [7, 11) is 0. The zero-order chi connectivity index (χ0) is 23.8. The number of fused-ring (bicyclic) bond motifs is 1. The molecular weight excluding hydrogens is 449 g/mol. The van der Waals surface area contributed by atoms with Crippen molar-refractivity contribution in [2.45, 2.75) is 39.3 Å². The number of aromatic nitrogens is 2. The molecule has 0 N–H and O–H groups in total. The van der Waals surface area contributed by atoms with Gasteiger partial charge in [0.2, 0.25) is 11.9 Å². The van der Waals surface area contributed by atoms with Crippen LogP contribution >= 0.6 is 11.3 Å². The monoisotopic (exact) mass is 479 g/mol. The van der Waals surface area contributed by atoms with Crippen molar-refractivity contribution < 1.29 is 9.18 Å². The van der Waals surface area contributed by atoms with Gasteiger partial charge in [-0.3, -0.25) is 9.69 Å². The highest BCUT2D eigenvalue weighted by molar-refractivity contribution is 7.19. The Morgan fingerprint density at radius 2 is 1.88 bits per heavy atom. The Morgan fingerprint density at radius 3 is 2.56 bits per heavy atom. The summed E-state index contributed by atoms with van der Waals surface area (Å²) < 4.78 is 14.5. The summed E-state index contributed by atoms with van der Waals surface area (Å²) in [4.78, 5) is 29.0. The molecule has 2 atom stereocenters. The fourth-order valence-corrected chi connectivity index (χ4v) is 5.99. The number of aryl methyl sites for hydroxylation is 1. The molecule has 0 bridgehead atoms. The molecule has 4 heterocycles. The van der Waals surface area contributed by atoms with Gasteiger partial charge in [-0.25, -0.2) is 14.4 Å². The summed E-state index contributed by atoms with van der Waals surface area (Å²) in [6.07, 6.45) is 5.48. The van der Waals surface area contributed by atoms with Crippen LogP contribution in [0, 0.1) is 12.7 Å². The van der Waals surface area contributed by atoms with Gasteiger partial charge in [0.25, 0.3) is 0 Å². The molecule has 0 aliphatic carbocycles. The predicted octanol–water partition coefficient (Wildman–Crippen LogP) is 4.35. The number of carbonyl (C=O) groups is 1. The first-order chi connectivity index (χ1) is 16.4. The molecule has 0 spiro atoms. The fraction of sp³-hybridized carbons (Fsp3) is 0.423. The Morgan fingerprint density at radius 1 is 1.15 bits per heavy atom. The third-order valence-electron chi connectivity index (χ3n) is 6.88. The summed E-state index contributed by atoms with van der Waals surface area (Å²) in [5.41, 5.74) is 2.59. The zero-order valence-electron chi connectivity index (χ0n) is 19.9. The molecule has 3 aromatic rings. The van der Waals surface area contributed by atoms with E-state index in [0.29, 0.717) is 32.1 Å². The largest absolute Gasteiger partial charge is 0.338 e. The van der Waals surface area contributed by atoms with Crippen molar-refractivity contribution >= 4 is 38.9 Å². The van der Waals surface area contributed by atoms with Gasteiger partial charge >= 0.3 is 0 Å².